The van der Waals surface area contributed by atoms with Crippen molar-refractivity contribution in [3.8, 4) is 0 Å². The maximum atomic E-state index is 13.0. The Bertz CT molecular complexity index is 1090. The first kappa shape index (κ1) is 23.4. The molecule has 0 fully saturated rings. The molecule has 0 spiro atoms. The van der Waals surface area contributed by atoms with Gasteiger partial charge in [0.1, 0.15) is 0 Å². The van der Waals surface area contributed by atoms with E-state index in [1.54, 1.807) is 36.3 Å². The van der Waals surface area contributed by atoms with Crippen LogP contribution < -0.4 is 4.72 Å². The Labute approximate surface area is 189 Å². The third-order valence-electron chi connectivity index (χ3n) is 4.93. The van der Waals surface area contributed by atoms with Crippen molar-refractivity contribution in [2.45, 2.75) is 17.7 Å². The molecule has 1 N–H and O–H groups in total. The average Bonchev–Trinajstić information content (AvgIpc) is 2.82. The van der Waals surface area contributed by atoms with Crippen molar-refractivity contribution in [3.05, 3.63) is 90.3 Å². The highest BCUT2D eigenvalue weighted by Crippen LogP contribution is 2.17. The Morgan fingerprint density at radius 2 is 1.66 bits per heavy atom. The first-order chi connectivity index (χ1) is 15.5. The van der Waals surface area contributed by atoms with Gasteiger partial charge in [-0.05, 0) is 54.8 Å². The molecule has 1 aromatic heterocycles. The second-order valence-electron chi connectivity index (χ2n) is 7.24. The van der Waals surface area contributed by atoms with Crippen molar-refractivity contribution < 1.29 is 17.9 Å². The molecule has 1 heterocycles. The smallest absolute Gasteiger partial charge is 0.261 e. The van der Waals surface area contributed by atoms with Crippen LogP contribution in [0.4, 0.5) is 5.69 Å². The molecule has 32 heavy (non-hydrogen) atoms. The lowest BCUT2D eigenvalue weighted by atomic mass is 10.1. The van der Waals surface area contributed by atoms with Gasteiger partial charge in [-0.1, -0.05) is 30.3 Å². The van der Waals surface area contributed by atoms with Gasteiger partial charge in [0.2, 0.25) is 0 Å². The van der Waals surface area contributed by atoms with Gasteiger partial charge in [0, 0.05) is 38.2 Å². The zero-order valence-electron chi connectivity index (χ0n) is 18.0. The van der Waals surface area contributed by atoms with Gasteiger partial charge in [-0.25, -0.2) is 8.42 Å². The van der Waals surface area contributed by atoms with Crippen molar-refractivity contribution in [1.82, 2.24) is 9.88 Å². The maximum absolute atomic E-state index is 13.0. The molecule has 3 aromatic rings. The molecule has 0 aliphatic heterocycles. The Morgan fingerprint density at radius 3 is 2.31 bits per heavy atom. The van der Waals surface area contributed by atoms with Crippen LogP contribution in [0.2, 0.25) is 0 Å². The van der Waals surface area contributed by atoms with Crippen LogP contribution in [0, 0.1) is 0 Å². The highest BCUT2D eigenvalue weighted by Gasteiger charge is 2.18. The minimum Gasteiger partial charge on any atom is -0.383 e. The van der Waals surface area contributed by atoms with Gasteiger partial charge in [0.15, 0.2) is 0 Å². The number of carbonyl (C=O) groups excluding carboxylic acids is 1. The first-order valence-electron chi connectivity index (χ1n) is 10.3. The normalized spacial score (nSPS) is 11.2. The Kier molecular flexibility index (Phi) is 8.35. The summed E-state index contributed by atoms with van der Waals surface area (Å²) < 4.78 is 32.8. The summed E-state index contributed by atoms with van der Waals surface area (Å²) >= 11 is 0. The summed E-state index contributed by atoms with van der Waals surface area (Å²) in [6.07, 6.45) is 4.70. The third-order valence-corrected chi connectivity index (χ3v) is 6.33. The molecule has 1 amide bonds. The zero-order chi connectivity index (χ0) is 22.8. The number of anilines is 1. The standard InChI is InChI=1S/C24H27N3O4S/c1-31-19-18-27(17-5-8-20-6-3-2-4-7-20)24(28)21-9-11-23(12-10-21)32(29,30)26-22-13-15-25-16-14-22/h2-4,6-7,9-16H,5,8,17-19H2,1H3,(H,25,26). The molecule has 168 valence electrons. The number of nitrogens with one attached hydrogen (secondary N) is 1. The summed E-state index contributed by atoms with van der Waals surface area (Å²) in [7, 11) is -2.16. The summed E-state index contributed by atoms with van der Waals surface area (Å²) in [6, 6.07) is 19.2. The lowest BCUT2D eigenvalue weighted by Crippen LogP contribution is -2.35. The highest BCUT2D eigenvalue weighted by molar-refractivity contribution is 7.92. The Hall–Kier alpha value is -3.23. The number of hydrogen-bond donors (Lipinski definition) is 1. The summed E-state index contributed by atoms with van der Waals surface area (Å²) in [5.41, 5.74) is 2.08. The zero-order valence-corrected chi connectivity index (χ0v) is 18.8. The molecule has 0 radical (unpaired) electrons. The number of sulfonamides is 1. The molecular weight excluding hydrogens is 426 g/mol. The average molecular weight is 454 g/mol. The molecule has 0 aliphatic rings. The fourth-order valence-electron chi connectivity index (χ4n) is 3.23. The van der Waals surface area contributed by atoms with Gasteiger partial charge in [-0.2, -0.15) is 0 Å². The number of aromatic nitrogens is 1. The number of carbonyl (C=O) groups is 1. The van der Waals surface area contributed by atoms with E-state index >= 15 is 0 Å². The maximum Gasteiger partial charge on any atom is 0.261 e. The van der Waals surface area contributed by atoms with E-state index in [1.165, 1.54) is 30.1 Å². The number of pyridine rings is 1. The predicted molar refractivity (Wildman–Crippen MR) is 124 cm³/mol. The number of rotatable bonds is 11. The Balaban J connectivity index is 1.66. The minimum atomic E-state index is -3.76. The molecule has 7 nitrogen and oxygen atoms in total. The lowest BCUT2D eigenvalue weighted by molar-refractivity contribution is 0.0693. The van der Waals surface area contributed by atoms with Crippen LogP contribution in [-0.4, -0.2) is 51.0 Å². The molecule has 0 bridgehead atoms. The molecule has 3 rings (SSSR count). The summed E-state index contributed by atoms with van der Waals surface area (Å²) in [5.74, 6) is -0.152. The number of ether oxygens (including phenoxy) is 1. The highest BCUT2D eigenvalue weighted by atomic mass is 32.2. The number of hydrogen-bond acceptors (Lipinski definition) is 5. The van der Waals surface area contributed by atoms with E-state index in [2.05, 4.69) is 21.8 Å². The van der Waals surface area contributed by atoms with E-state index in [9.17, 15) is 13.2 Å². The topological polar surface area (TPSA) is 88.6 Å². The fourth-order valence-corrected chi connectivity index (χ4v) is 4.29. The summed E-state index contributed by atoms with van der Waals surface area (Å²) in [5, 5.41) is 0. The van der Waals surface area contributed by atoms with Crippen molar-refractivity contribution in [2.24, 2.45) is 0 Å². The molecule has 0 saturated carbocycles. The van der Waals surface area contributed by atoms with Crippen molar-refractivity contribution in [2.75, 3.05) is 31.5 Å². The van der Waals surface area contributed by atoms with Crippen LogP contribution in [0.3, 0.4) is 0 Å². The molecule has 8 heteroatoms. The number of amides is 1. The predicted octanol–water partition coefficient (Wildman–Crippen LogP) is 3.60. The van der Waals surface area contributed by atoms with E-state index in [-0.39, 0.29) is 10.8 Å². The van der Waals surface area contributed by atoms with Gasteiger partial charge < -0.3 is 9.64 Å². The number of aryl methyl sites for hydroxylation is 1. The second kappa shape index (κ2) is 11.4. The molecular formula is C24H27N3O4S. The fraction of sp³-hybridized carbons (Fsp3) is 0.250. The molecule has 0 saturated heterocycles. The SMILES string of the molecule is COCCN(CCCc1ccccc1)C(=O)c1ccc(S(=O)(=O)Nc2ccncc2)cc1. The monoisotopic (exact) mass is 453 g/mol. The molecule has 0 unspecified atom stereocenters. The van der Waals surface area contributed by atoms with E-state index in [1.807, 2.05) is 18.2 Å². The van der Waals surface area contributed by atoms with Crippen LogP contribution in [-0.2, 0) is 21.2 Å². The quantitative estimate of drug-likeness (QED) is 0.479. The van der Waals surface area contributed by atoms with Gasteiger partial charge in [-0.3, -0.25) is 14.5 Å². The van der Waals surface area contributed by atoms with Crippen LogP contribution in [0.1, 0.15) is 22.3 Å². The van der Waals surface area contributed by atoms with E-state index in [4.69, 9.17) is 4.74 Å². The van der Waals surface area contributed by atoms with Crippen LogP contribution in [0.15, 0.2) is 84.0 Å². The summed E-state index contributed by atoms with van der Waals surface area (Å²) in [4.78, 5) is 18.7. The number of nitrogens with zero attached hydrogens (tertiary/aromatic N) is 2. The lowest BCUT2D eigenvalue weighted by Gasteiger charge is -2.22. The van der Waals surface area contributed by atoms with Gasteiger partial charge in [0.05, 0.1) is 17.2 Å². The third kappa shape index (κ3) is 6.63. The second-order valence-corrected chi connectivity index (χ2v) is 8.92. The van der Waals surface area contributed by atoms with Crippen molar-refractivity contribution in [1.29, 1.82) is 0 Å². The van der Waals surface area contributed by atoms with E-state index < -0.39 is 10.0 Å². The van der Waals surface area contributed by atoms with Crippen molar-refractivity contribution >= 4 is 21.6 Å². The molecule has 0 aliphatic carbocycles. The molecule has 2 aromatic carbocycles. The molecule has 0 atom stereocenters. The van der Waals surface area contributed by atoms with Crippen LogP contribution in [0.25, 0.3) is 0 Å². The largest absolute Gasteiger partial charge is 0.383 e. The van der Waals surface area contributed by atoms with Crippen LogP contribution in [0.5, 0.6) is 0 Å². The van der Waals surface area contributed by atoms with Gasteiger partial charge in [-0.15, -0.1) is 0 Å². The van der Waals surface area contributed by atoms with Gasteiger partial charge >= 0.3 is 0 Å². The van der Waals surface area contributed by atoms with Crippen molar-refractivity contribution in [3.63, 3.8) is 0 Å². The van der Waals surface area contributed by atoms with E-state index in [0.717, 1.165) is 12.8 Å². The number of benzene rings is 2. The number of methoxy groups -OCH3 is 1. The van der Waals surface area contributed by atoms with Crippen LogP contribution >= 0.6 is 0 Å². The Morgan fingerprint density at radius 1 is 0.969 bits per heavy atom. The van der Waals surface area contributed by atoms with E-state index in [0.29, 0.717) is 30.9 Å². The summed E-state index contributed by atoms with van der Waals surface area (Å²) in [6.45, 7) is 1.48. The first-order valence-corrected chi connectivity index (χ1v) is 11.8. The minimum absolute atomic E-state index is 0.0818. The van der Waals surface area contributed by atoms with Gasteiger partial charge in [0.25, 0.3) is 15.9 Å².